The molecule has 5 heteroatoms. The number of carboxylic acid groups (broad SMARTS) is 1. The number of rotatable bonds is 4. The number of hydrogen-bond donors (Lipinski definition) is 1. The molecule has 4 nitrogen and oxygen atoms in total. The molecule has 0 aromatic heterocycles. The molecule has 1 heterocycles. The normalized spacial score (nSPS) is 22.3. The van der Waals surface area contributed by atoms with Gasteiger partial charge in [0.15, 0.2) is 0 Å². The van der Waals surface area contributed by atoms with Crippen molar-refractivity contribution in [1.82, 2.24) is 4.90 Å². The first-order valence-electron chi connectivity index (χ1n) is 7.97. The number of amides is 1. The highest BCUT2D eigenvalue weighted by Gasteiger charge is 2.37. The smallest absolute Gasteiger partial charge is 0.333 e. The van der Waals surface area contributed by atoms with E-state index in [0.29, 0.717) is 28.8 Å². The van der Waals surface area contributed by atoms with E-state index >= 15 is 0 Å². The molecule has 23 heavy (non-hydrogen) atoms. The van der Waals surface area contributed by atoms with Gasteiger partial charge in [-0.2, -0.15) is 0 Å². The van der Waals surface area contributed by atoms with E-state index in [1.165, 1.54) is 6.42 Å². The quantitative estimate of drug-likeness (QED) is 0.911. The number of carbonyl (C=O) groups is 2. The van der Waals surface area contributed by atoms with Crippen LogP contribution in [0.3, 0.4) is 0 Å². The van der Waals surface area contributed by atoms with E-state index in [1.54, 1.807) is 36.1 Å². The Morgan fingerprint density at radius 1 is 1.30 bits per heavy atom. The van der Waals surface area contributed by atoms with Gasteiger partial charge < -0.3 is 10.0 Å². The highest BCUT2D eigenvalue weighted by atomic mass is 35.5. The number of carboxylic acids is 1. The second-order valence-electron chi connectivity index (χ2n) is 6.41. The molecule has 1 aliphatic carbocycles. The highest BCUT2D eigenvalue weighted by Crippen LogP contribution is 2.38. The summed E-state index contributed by atoms with van der Waals surface area (Å²) in [6.07, 6.45) is 3.65. The molecular formula is C18H20ClNO3. The van der Waals surface area contributed by atoms with Crippen LogP contribution in [0.1, 0.15) is 44.1 Å². The third-order valence-electron chi connectivity index (χ3n) is 4.99. The summed E-state index contributed by atoms with van der Waals surface area (Å²) in [5.41, 5.74) is 1.73. The summed E-state index contributed by atoms with van der Waals surface area (Å²) in [7, 11) is 0. The third-order valence-corrected chi connectivity index (χ3v) is 5.24. The van der Waals surface area contributed by atoms with Gasteiger partial charge in [0, 0.05) is 29.6 Å². The van der Waals surface area contributed by atoms with Gasteiger partial charge in [-0.15, -0.1) is 0 Å². The number of aliphatic carboxylic acids is 1. The van der Waals surface area contributed by atoms with Crippen molar-refractivity contribution in [2.45, 2.75) is 38.5 Å². The van der Waals surface area contributed by atoms with Crippen LogP contribution in [0.15, 0.2) is 35.5 Å². The van der Waals surface area contributed by atoms with Gasteiger partial charge in [-0.3, -0.25) is 4.79 Å². The SMILES string of the molecule is CC1=C(C(=O)O)C(c2ccc(Cl)cc2)CC(=O)N1CC1CCC1. The van der Waals surface area contributed by atoms with Crippen molar-refractivity contribution in [1.29, 1.82) is 0 Å². The van der Waals surface area contributed by atoms with Crippen molar-refractivity contribution in [3.63, 3.8) is 0 Å². The Labute approximate surface area is 140 Å². The standard InChI is InChI=1S/C18H20ClNO3/c1-11-17(18(22)23)15(13-5-7-14(19)8-6-13)9-16(21)20(11)10-12-3-2-4-12/h5-8,12,15H,2-4,9-10H2,1H3,(H,22,23). The van der Waals surface area contributed by atoms with Crippen LogP contribution in [0.2, 0.25) is 5.02 Å². The number of carbonyl (C=O) groups excluding carboxylic acids is 1. The van der Waals surface area contributed by atoms with Crippen LogP contribution in [0.4, 0.5) is 0 Å². The fourth-order valence-electron chi connectivity index (χ4n) is 3.43. The maximum absolute atomic E-state index is 12.6. The van der Waals surface area contributed by atoms with Crippen LogP contribution in [0, 0.1) is 5.92 Å². The molecule has 0 saturated heterocycles. The van der Waals surface area contributed by atoms with Gasteiger partial charge in [-0.1, -0.05) is 30.2 Å². The second-order valence-corrected chi connectivity index (χ2v) is 6.85. The Hall–Kier alpha value is -1.81. The molecule has 1 aromatic rings. The lowest BCUT2D eigenvalue weighted by atomic mass is 9.81. The van der Waals surface area contributed by atoms with E-state index in [9.17, 15) is 14.7 Å². The fraction of sp³-hybridized carbons (Fsp3) is 0.444. The molecule has 3 rings (SSSR count). The number of hydrogen-bond acceptors (Lipinski definition) is 2. The van der Waals surface area contributed by atoms with Crippen molar-refractivity contribution < 1.29 is 14.7 Å². The Balaban J connectivity index is 1.95. The van der Waals surface area contributed by atoms with Crippen molar-refractivity contribution in [3.05, 3.63) is 46.1 Å². The van der Waals surface area contributed by atoms with Crippen molar-refractivity contribution in [2.75, 3.05) is 6.54 Å². The summed E-state index contributed by atoms with van der Waals surface area (Å²) in [4.78, 5) is 26.1. The van der Waals surface area contributed by atoms with Gasteiger partial charge in [-0.05, 0) is 43.4 Å². The Morgan fingerprint density at radius 2 is 1.96 bits per heavy atom. The zero-order valence-corrected chi connectivity index (χ0v) is 13.8. The van der Waals surface area contributed by atoms with E-state index in [1.807, 2.05) is 0 Å². The first-order chi connectivity index (χ1) is 11.0. The Bertz CT molecular complexity index is 661. The number of benzene rings is 1. The van der Waals surface area contributed by atoms with E-state index in [4.69, 9.17) is 11.6 Å². The van der Waals surface area contributed by atoms with E-state index in [-0.39, 0.29) is 12.3 Å². The summed E-state index contributed by atoms with van der Waals surface area (Å²) in [6, 6.07) is 7.07. The van der Waals surface area contributed by atoms with Crippen molar-refractivity contribution in [3.8, 4) is 0 Å². The number of halogens is 1. The predicted octanol–water partition coefficient (Wildman–Crippen LogP) is 3.81. The zero-order valence-electron chi connectivity index (χ0n) is 13.1. The van der Waals surface area contributed by atoms with Crippen LogP contribution in [0.25, 0.3) is 0 Å². The van der Waals surface area contributed by atoms with Crippen molar-refractivity contribution >= 4 is 23.5 Å². The number of nitrogens with zero attached hydrogens (tertiary/aromatic N) is 1. The molecule has 2 aliphatic rings. The average molecular weight is 334 g/mol. The summed E-state index contributed by atoms with van der Waals surface area (Å²) in [5.74, 6) is -0.834. The minimum atomic E-state index is -0.950. The van der Waals surface area contributed by atoms with Crippen molar-refractivity contribution in [2.24, 2.45) is 5.92 Å². The summed E-state index contributed by atoms with van der Waals surface area (Å²) in [5, 5.41) is 10.3. The van der Waals surface area contributed by atoms with Crippen LogP contribution in [-0.4, -0.2) is 28.4 Å². The minimum absolute atomic E-state index is 0.0133. The van der Waals surface area contributed by atoms with Crippen LogP contribution in [-0.2, 0) is 9.59 Å². The predicted molar refractivity (Wildman–Crippen MR) is 88.2 cm³/mol. The second kappa shape index (κ2) is 6.36. The third kappa shape index (κ3) is 3.13. The lowest BCUT2D eigenvalue weighted by molar-refractivity contribution is -0.135. The van der Waals surface area contributed by atoms with Gasteiger partial charge in [0.2, 0.25) is 5.91 Å². The first kappa shape index (κ1) is 16.1. The largest absolute Gasteiger partial charge is 0.478 e. The van der Waals surface area contributed by atoms with Crippen LogP contribution in [0.5, 0.6) is 0 Å². The fourth-order valence-corrected chi connectivity index (χ4v) is 3.55. The molecule has 1 N–H and O–H groups in total. The van der Waals surface area contributed by atoms with Gasteiger partial charge in [0.1, 0.15) is 0 Å². The monoisotopic (exact) mass is 333 g/mol. The maximum atomic E-state index is 12.6. The topological polar surface area (TPSA) is 57.6 Å². The van der Waals surface area contributed by atoms with Gasteiger partial charge in [-0.25, -0.2) is 4.79 Å². The molecule has 122 valence electrons. The molecule has 1 amide bonds. The molecule has 1 aliphatic heterocycles. The molecule has 0 bridgehead atoms. The van der Waals surface area contributed by atoms with E-state index in [2.05, 4.69) is 0 Å². The minimum Gasteiger partial charge on any atom is -0.478 e. The lowest BCUT2D eigenvalue weighted by Gasteiger charge is -2.38. The molecule has 1 saturated carbocycles. The Morgan fingerprint density at radius 3 is 2.48 bits per heavy atom. The number of allylic oxidation sites excluding steroid dienone is 1. The van der Waals surface area contributed by atoms with Crippen LogP contribution < -0.4 is 0 Å². The molecule has 0 spiro atoms. The average Bonchev–Trinajstić information content (AvgIpc) is 2.45. The Kier molecular flexibility index (Phi) is 4.44. The molecule has 1 aromatic carbocycles. The zero-order chi connectivity index (χ0) is 16.6. The molecule has 1 fully saturated rings. The molecule has 1 unspecified atom stereocenters. The molecule has 0 radical (unpaired) electrons. The summed E-state index contributed by atoms with van der Waals surface area (Å²) < 4.78 is 0. The van der Waals surface area contributed by atoms with E-state index < -0.39 is 11.9 Å². The molecular weight excluding hydrogens is 314 g/mol. The first-order valence-corrected chi connectivity index (χ1v) is 8.35. The van der Waals surface area contributed by atoms with Gasteiger partial charge in [0.25, 0.3) is 0 Å². The highest BCUT2D eigenvalue weighted by molar-refractivity contribution is 6.30. The van der Waals surface area contributed by atoms with E-state index in [0.717, 1.165) is 18.4 Å². The molecule has 1 atom stereocenters. The maximum Gasteiger partial charge on any atom is 0.333 e. The summed E-state index contributed by atoms with van der Waals surface area (Å²) >= 11 is 5.91. The van der Waals surface area contributed by atoms with Crippen LogP contribution >= 0.6 is 11.6 Å². The van der Waals surface area contributed by atoms with Gasteiger partial charge >= 0.3 is 5.97 Å². The lowest BCUT2D eigenvalue weighted by Crippen LogP contribution is -2.41. The van der Waals surface area contributed by atoms with Gasteiger partial charge in [0.05, 0.1) is 5.57 Å². The summed E-state index contributed by atoms with van der Waals surface area (Å²) in [6.45, 7) is 2.40.